The van der Waals surface area contributed by atoms with Gasteiger partial charge in [-0.15, -0.1) is 0 Å². The highest BCUT2D eigenvalue weighted by atomic mass is 32.2. The minimum absolute atomic E-state index is 0.160. The maximum atomic E-state index is 13.5. The smallest absolute Gasteiger partial charge is 0.232 e. The molecule has 0 spiro atoms. The molecule has 4 rings (SSSR count). The van der Waals surface area contributed by atoms with E-state index in [0.717, 1.165) is 24.7 Å². The molecular formula is C27H26FNO4S. The number of ketones is 1. The molecule has 0 unspecified atom stereocenters. The number of furan rings is 1. The Labute approximate surface area is 198 Å². The summed E-state index contributed by atoms with van der Waals surface area (Å²) in [6, 6.07) is 19.8. The van der Waals surface area contributed by atoms with E-state index in [4.69, 9.17) is 4.42 Å². The van der Waals surface area contributed by atoms with Crippen LogP contribution >= 0.6 is 0 Å². The van der Waals surface area contributed by atoms with Crippen molar-refractivity contribution in [3.63, 3.8) is 0 Å². The van der Waals surface area contributed by atoms with Crippen molar-refractivity contribution >= 4 is 32.5 Å². The Morgan fingerprint density at radius 2 is 1.71 bits per heavy atom. The average Bonchev–Trinajstić information content (AvgIpc) is 3.18. The Kier molecular flexibility index (Phi) is 6.84. The van der Waals surface area contributed by atoms with Crippen LogP contribution in [0.3, 0.4) is 0 Å². The molecule has 34 heavy (non-hydrogen) atoms. The fourth-order valence-corrected chi connectivity index (χ4v) is 4.83. The number of halogens is 1. The Hall–Kier alpha value is -3.45. The molecule has 176 valence electrons. The van der Waals surface area contributed by atoms with E-state index in [-0.39, 0.29) is 12.3 Å². The first-order chi connectivity index (χ1) is 16.3. The number of benzene rings is 3. The number of fused-ring (bicyclic) bond motifs is 1. The number of hydrogen-bond donors (Lipinski definition) is 0. The summed E-state index contributed by atoms with van der Waals surface area (Å²) >= 11 is 0. The molecule has 0 aliphatic carbocycles. The number of unbranched alkanes of at least 4 members (excludes halogenated alkanes) is 1. The molecule has 0 radical (unpaired) electrons. The van der Waals surface area contributed by atoms with Crippen LogP contribution in [0.25, 0.3) is 11.0 Å². The lowest BCUT2D eigenvalue weighted by molar-refractivity contribution is 0.103. The van der Waals surface area contributed by atoms with E-state index in [1.165, 1.54) is 28.6 Å². The first-order valence-electron chi connectivity index (χ1n) is 11.1. The minimum atomic E-state index is -3.61. The summed E-state index contributed by atoms with van der Waals surface area (Å²) in [5.74, 6) is -0.153. The molecule has 0 aliphatic rings. The maximum absolute atomic E-state index is 13.5. The first-order valence-corrected chi connectivity index (χ1v) is 13.0. The number of anilines is 1. The van der Waals surface area contributed by atoms with Gasteiger partial charge in [-0.1, -0.05) is 43.7 Å². The molecule has 0 saturated heterocycles. The van der Waals surface area contributed by atoms with E-state index >= 15 is 0 Å². The molecule has 1 aromatic heterocycles. The van der Waals surface area contributed by atoms with Gasteiger partial charge in [0.15, 0.2) is 5.78 Å². The van der Waals surface area contributed by atoms with Crippen LogP contribution in [-0.4, -0.2) is 20.5 Å². The van der Waals surface area contributed by atoms with Crippen molar-refractivity contribution in [2.45, 2.75) is 32.7 Å². The zero-order valence-electron chi connectivity index (χ0n) is 19.1. The zero-order chi connectivity index (χ0) is 24.3. The highest BCUT2D eigenvalue weighted by molar-refractivity contribution is 7.92. The number of carbonyl (C=O) groups is 1. The van der Waals surface area contributed by atoms with Crippen molar-refractivity contribution in [2.24, 2.45) is 0 Å². The molecule has 0 bridgehead atoms. The molecule has 0 atom stereocenters. The van der Waals surface area contributed by atoms with Gasteiger partial charge in [-0.2, -0.15) is 0 Å². The summed E-state index contributed by atoms with van der Waals surface area (Å²) in [6.07, 6.45) is 3.49. The third-order valence-electron chi connectivity index (χ3n) is 5.69. The van der Waals surface area contributed by atoms with Crippen LogP contribution in [0.4, 0.5) is 10.1 Å². The van der Waals surface area contributed by atoms with Crippen molar-refractivity contribution in [1.29, 1.82) is 0 Å². The van der Waals surface area contributed by atoms with Crippen molar-refractivity contribution < 1.29 is 22.0 Å². The number of hydrogen-bond acceptors (Lipinski definition) is 4. The molecule has 0 fully saturated rings. The third-order valence-corrected chi connectivity index (χ3v) is 6.83. The van der Waals surface area contributed by atoms with Gasteiger partial charge >= 0.3 is 0 Å². The van der Waals surface area contributed by atoms with Crippen LogP contribution in [0.5, 0.6) is 0 Å². The lowest BCUT2D eigenvalue weighted by atomic mass is 9.98. The van der Waals surface area contributed by atoms with E-state index in [1.54, 1.807) is 18.2 Å². The molecular weight excluding hydrogens is 453 g/mol. The summed E-state index contributed by atoms with van der Waals surface area (Å²) in [6.45, 7) is 2.21. The number of carbonyl (C=O) groups excluding carboxylic acids is 1. The second-order valence-corrected chi connectivity index (χ2v) is 10.2. The van der Waals surface area contributed by atoms with E-state index in [0.29, 0.717) is 40.0 Å². The van der Waals surface area contributed by atoms with Gasteiger partial charge in [-0.3, -0.25) is 9.10 Å². The van der Waals surface area contributed by atoms with E-state index in [1.807, 2.05) is 30.3 Å². The molecule has 1 heterocycles. The molecule has 0 aliphatic heterocycles. The number of nitrogens with zero attached hydrogens (tertiary/aromatic N) is 1. The SMILES string of the molecule is CCCCc1oc2ccc(N(Cc3ccccc3)S(C)(=O)=O)cc2c1C(=O)c1ccc(F)cc1. The highest BCUT2D eigenvalue weighted by Gasteiger charge is 2.25. The van der Waals surface area contributed by atoms with Crippen molar-refractivity contribution in [2.75, 3.05) is 10.6 Å². The average molecular weight is 480 g/mol. The fourth-order valence-electron chi connectivity index (χ4n) is 3.95. The van der Waals surface area contributed by atoms with Gasteiger partial charge in [-0.05, 0) is 54.4 Å². The van der Waals surface area contributed by atoms with Crippen LogP contribution in [0.1, 0.15) is 47.0 Å². The maximum Gasteiger partial charge on any atom is 0.232 e. The monoisotopic (exact) mass is 479 g/mol. The standard InChI is InChI=1S/C27H26FNO4S/c1-3-4-10-25-26(27(30)20-11-13-21(28)14-12-20)23-17-22(15-16-24(23)33-25)29(34(2,31)32)18-19-8-6-5-7-9-19/h5-9,11-17H,3-4,10,18H2,1-2H3. The van der Waals surface area contributed by atoms with Crippen LogP contribution < -0.4 is 4.31 Å². The van der Waals surface area contributed by atoms with E-state index < -0.39 is 15.8 Å². The van der Waals surface area contributed by atoms with Crippen LogP contribution in [0.15, 0.2) is 77.2 Å². The lowest BCUT2D eigenvalue weighted by Gasteiger charge is -2.22. The molecule has 0 saturated carbocycles. The van der Waals surface area contributed by atoms with Crippen LogP contribution in [-0.2, 0) is 23.0 Å². The molecule has 0 amide bonds. The summed E-state index contributed by atoms with van der Waals surface area (Å²) in [4.78, 5) is 13.5. The normalized spacial score (nSPS) is 11.6. The van der Waals surface area contributed by atoms with E-state index in [2.05, 4.69) is 6.92 Å². The van der Waals surface area contributed by atoms with Gasteiger partial charge < -0.3 is 4.42 Å². The van der Waals surface area contributed by atoms with Gasteiger partial charge in [0.05, 0.1) is 24.1 Å². The fraction of sp³-hybridized carbons (Fsp3) is 0.222. The van der Waals surface area contributed by atoms with Crippen LogP contribution in [0.2, 0.25) is 0 Å². The summed E-state index contributed by atoms with van der Waals surface area (Å²) in [7, 11) is -3.61. The van der Waals surface area contributed by atoms with Gasteiger partial charge in [0.25, 0.3) is 0 Å². The quantitative estimate of drug-likeness (QED) is 0.272. The molecule has 0 N–H and O–H groups in total. The van der Waals surface area contributed by atoms with Crippen molar-refractivity contribution in [3.05, 3.63) is 101 Å². The first kappa shape index (κ1) is 23.7. The van der Waals surface area contributed by atoms with Crippen LogP contribution in [0, 0.1) is 5.82 Å². The second-order valence-electron chi connectivity index (χ2n) is 8.28. The molecule has 4 aromatic rings. The predicted octanol–water partition coefficient (Wildman–Crippen LogP) is 6.11. The Balaban J connectivity index is 1.84. The van der Waals surface area contributed by atoms with E-state index in [9.17, 15) is 17.6 Å². The molecule has 7 heteroatoms. The van der Waals surface area contributed by atoms with Crippen molar-refractivity contribution in [3.8, 4) is 0 Å². The van der Waals surface area contributed by atoms with Gasteiger partial charge in [0.2, 0.25) is 10.0 Å². The van der Waals surface area contributed by atoms with Crippen molar-refractivity contribution in [1.82, 2.24) is 0 Å². The highest BCUT2D eigenvalue weighted by Crippen LogP contribution is 2.33. The summed E-state index contributed by atoms with van der Waals surface area (Å²) in [5.41, 5.74) is 2.52. The Bertz CT molecular complexity index is 1410. The summed E-state index contributed by atoms with van der Waals surface area (Å²) < 4.78 is 46.2. The second kappa shape index (κ2) is 9.81. The van der Waals surface area contributed by atoms with Gasteiger partial charge in [0, 0.05) is 17.4 Å². The molecule has 3 aromatic carbocycles. The largest absolute Gasteiger partial charge is 0.460 e. The Morgan fingerprint density at radius 3 is 2.35 bits per heavy atom. The number of rotatable bonds is 9. The zero-order valence-corrected chi connectivity index (χ0v) is 19.9. The molecule has 5 nitrogen and oxygen atoms in total. The van der Waals surface area contributed by atoms with Gasteiger partial charge in [-0.25, -0.2) is 12.8 Å². The van der Waals surface area contributed by atoms with Gasteiger partial charge in [0.1, 0.15) is 17.2 Å². The number of aryl methyl sites for hydroxylation is 1. The third kappa shape index (κ3) is 5.04. The number of sulfonamides is 1. The minimum Gasteiger partial charge on any atom is -0.460 e. The lowest BCUT2D eigenvalue weighted by Crippen LogP contribution is -2.29. The Morgan fingerprint density at radius 1 is 1.00 bits per heavy atom. The topological polar surface area (TPSA) is 67.6 Å². The predicted molar refractivity (Wildman–Crippen MR) is 132 cm³/mol. The summed E-state index contributed by atoms with van der Waals surface area (Å²) in [5, 5.41) is 0.541.